The van der Waals surface area contributed by atoms with Crippen LogP contribution in [0.25, 0.3) is 6.08 Å². The number of hydrogen-bond acceptors (Lipinski definition) is 6. The van der Waals surface area contributed by atoms with Gasteiger partial charge in [0.2, 0.25) is 0 Å². The van der Waals surface area contributed by atoms with E-state index in [1.165, 1.54) is 28.8 Å². The molecule has 1 heterocycles. The van der Waals surface area contributed by atoms with E-state index in [4.69, 9.17) is 9.84 Å². The van der Waals surface area contributed by atoms with Crippen LogP contribution in [0.15, 0.2) is 46.3 Å². The van der Waals surface area contributed by atoms with Crippen molar-refractivity contribution in [3.8, 4) is 11.5 Å². The summed E-state index contributed by atoms with van der Waals surface area (Å²) in [5, 5.41) is 19.5. The molecule has 1 fully saturated rings. The number of carboxylic acid groups (broad SMARTS) is 1. The third-order valence-corrected chi connectivity index (χ3v) is 5.87. The van der Waals surface area contributed by atoms with E-state index in [0.29, 0.717) is 31.7 Å². The number of amidine groups is 1. The summed E-state index contributed by atoms with van der Waals surface area (Å²) in [5.41, 5.74) is 1.45. The lowest BCUT2D eigenvalue weighted by Crippen LogP contribution is -2.23. The van der Waals surface area contributed by atoms with Gasteiger partial charge in [-0.1, -0.05) is 0 Å². The quantitative estimate of drug-likeness (QED) is 0.447. The van der Waals surface area contributed by atoms with Gasteiger partial charge in [-0.05, 0) is 89.3 Å². The first kappa shape index (κ1) is 21.2. The minimum atomic E-state index is -1.01. The van der Waals surface area contributed by atoms with Crippen LogP contribution in [0, 0.1) is 3.57 Å². The van der Waals surface area contributed by atoms with Gasteiger partial charge < -0.3 is 14.9 Å². The number of aliphatic imine (C=N–C) groups is 1. The van der Waals surface area contributed by atoms with Crippen LogP contribution in [0.2, 0.25) is 0 Å². The van der Waals surface area contributed by atoms with Gasteiger partial charge in [-0.25, -0.2) is 9.79 Å². The van der Waals surface area contributed by atoms with Crippen LogP contribution in [-0.4, -0.2) is 45.8 Å². The Bertz CT molecular complexity index is 1030. The Labute approximate surface area is 185 Å². The van der Waals surface area contributed by atoms with Crippen molar-refractivity contribution >= 4 is 63.2 Å². The monoisotopic (exact) mass is 524 g/mol. The van der Waals surface area contributed by atoms with Crippen LogP contribution in [0.5, 0.6) is 11.5 Å². The molecule has 1 saturated heterocycles. The zero-order chi connectivity index (χ0) is 21.1. The minimum Gasteiger partial charge on any atom is -0.504 e. The molecule has 0 radical (unpaired) electrons. The van der Waals surface area contributed by atoms with Gasteiger partial charge in [0, 0.05) is 7.05 Å². The molecule has 7 nitrogen and oxygen atoms in total. The van der Waals surface area contributed by atoms with Crippen LogP contribution < -0.4 is 4.74 Å². The molecule has 9 heteroatoms. The Hall–Kier alpha value is -2.53. The summed E-state index contributed by atoms with van der Waals surface area (Å²) in [6, 6.07) is 9.56. The highest BCUT2D eigenvalue weighted by Gasteiger charge is 2.30. The van der Waals surface area contributed by atoms with E-state index in [2.05, 4.69) is 4.99 Å². The van der Waals surface area contributed by atoms with E-state index >= 15 is 0 Å². The predicted octanol–water partition coefficient (Wildman–Crippen LogP) is 4.33. The number of benzene rings is 2. The van der Waals surface area contributed by atoms with Crippen molar-refractivity contribution < 1.29 is 24.5 Å². The fourth-order valence-corrected chi connectivity index (χ4v) is 4.15. The van der Waals surface area contributed by atoms with Gasteiger partial charge >= 0.3 is 5.97 Å². The van der Waals surface area contributed by atoms with Crippen LogP contribution in [0.3, 0.4) is 0 Å². The number of hydrogen-bond donors (Lipinski definition) is 2. The number of ether oxygens (including phenoxy) is 1. The van der Waals surface area contributed by atoms with Gasteiger partial charge in [0.25, 0.3) is 5.91 Å². The average molecular weight is 524 g/mol. The number of thioether (sulfide) groups is 1. The van der Waals surface area contributed by atoms with Crippen molar-refractivity contribution in [2.45, 2.75) is 6.92 Å². The summed E-state index contributed by atoms with van der Waals surface area (Å²) in [5.74, 6) is -0.768. The van der Waals surface area contributed by atoms with E-state index in [9.17, 15) is 14.7 Å². The van der Waals surface area contributed by atoms with E-state index in [0.717, 1.165) is 5.56 Å². The molecule has 0 aliphatic carbocycles. The molecule has 0 unspecified atom stereocenters. The maximum atomic E-state index is 12.6. The summed E-state index contributed by atoms with van der Waals surface area (Å²) >= 11 is 3.23. The lowest BCUT2D eigenvalue weighted by Gasteiger charge is -2.09. The smallest absolute Gasteiger partial charge is 0.335 e. The first-order chi connectivity index (χ1) is 13.8. The van der Waals surface area contributed by atoms with E-state index in [1.54, 1.807) is 37.4 Å². The normalized spacial score (nSPS) is 16.7. The minimum absolute atomic E-state index is 0.0733. The Kier molecular flexibility index (Phi) is 6.48. The van der Waals surface area contributed by atoms with Gasteiger partial charge in [-0.2, -0.15) is 0 Å². The highest BCUT2D eigenvalue weighted by atomic mass is 127. The topological polar surface area (TPSA) is 99.4 Å². The molecular formula is C20H17IN2O5S. The third kappa shape index (κ3) is 4.73. The molecule has 0 saturated carbocycles. The number of carbonyl (C=O) groups excluding carboxylic acids is 1. The summed E-state index contributed by atoms with van der Waals surface area (Å²) < 4.78 is 6.07. The number of nitrogens with zero attached hydrogens (tertiary/aromatic N) is 2. The number of rotatable bonds is 5. The lowest BCUT2D eigenvalue weighted by molar-refractivity contribution is -0.121. The summed E-state index contributed by atoms with van der Waals surface area (Å²) in [6.45, 7) is 2.24. The molecule has 150 valence electrons. The predicted molar refractivity (Wildman–Crippen MR) is 121 cm³/mol. The maximum Gasteiger partial charge on any atom is 0.335 e. The van der Waals surface area contributed by atoms with E-state index in [-0.39, 0.29) is 17.2 Å². The SMILES string of the molecule is CCOc1cc(/C=C2\SC(=Nc3ccc(C(=O)O)cc3)N(C)C2=O)cc(I)c1O. The molecular weight excluding hydrogens is 507 g/mol. The number of aromatic carboxylic acids is 1. The first-order valence-corrected chi connectivity index (χ1v) is 10.4. The molecule has 2 N–H and O–H groups in total. The zero-order valence-corrected chi connectivity index (χ0v) is 18.5. The molecule has 2 aromatic carbocycles. The second-order valence-corrected chi connectivity index (χ2v) is 8.17. The fraction of sp³-hybridized carbons (Fsp3) is 0.150. The highest BCUT2D eigenvalue weighted by Crippen LogP contribution is 2.37. The summed E-state index contributed by atoms with van der Waals surface area (Å²) in [6.07, 6.45) is 1.73. The zero-order valence-electron chi connectivity index (χ0n) is 15.5. The Morgan fingerprint density at radius 2 is 2.00 bits per heavy atom. The van der Waals surface area contributed by atoms with Gasteiger partial charge in [0.1, 0.15) is 0 Å². The first-order valence-electron chi connectivity index (χ1n) is 8.55. The number of halogens is 1. The van der Waals surface area contributed by atoms with Crippen molar-refractivity contribution in [1.29, 1.82) is 0 Å². The van der Waals surface area contributed by atoms with Crippen molar-refractivity contribution in [3.63, 3.8) is 0 Å². The third-order valence-electron chi connectivity index (χ3n) is 3.99. The highest BCUT2D eigenvalue weighted by molar-refractivity contribution is 14.1. The van der Waals surface area contributed by atoms with Gasteiger partial charge in [-0.15, -0.1) is 0 Å². The standard InChI is InChI=1S/C20H17IN2O5S/c1-3-28-15-9-11(8-14(21)17(15)24)10-16-18(25)23(2)20(29-16)22-13-6-4-12(5-7-13)19(26)27/h4-10,24H,3H2,1-2H3,(H,26,27)/b16-10-,22-20?. The second-order valence-electron chi connectivity index (χ2n) is 6.00. The number of phenolic OH excluding ortho intramolecular Hbond substituents is 1. The molecule has 0 atom stereocenters. The average Bonchev–Trinajstić information content (AvgIpc) is 2.94. The number of carboxylic acids is 1. The lowest BCUT2D eigenvalue weighted by atomic mass is 10.2. The van der Waals surface area contributed by atoms with Crippen LogP contribution in [-0.2, 0) is 4.79 Å². The Morgan fingerprint density at radius 1 is 1.31 bits per heavy atom. The molecule has 1 aliphatic heterocycles. The number of phenols is 1. The molecule has 1 aliphatic rings. The summed E-state index contributed by atoms with van der Waals surface area (Å²) in [4.78, 5) is 29.9. The van der Waals surface area contributed by atoms with Gasteiger partial charge in [0.05, 0.1) is 26.3 Å². The molecule has 2 aromatic rings. The van der Waals surface area contributed by atoms with Crippen LogP contribution in [0.4, 0.5) is 5.69 Å². The molecule has 3 rings (SSSR count). The molecule has 0 bridgehead atoms. The molecule has 0 spiro atoms. The van der Waals surface area contributed by atoms with Crippen molar-refractivity contribution in [1.82, 2.24) is 4.90 Å². The number of amides is 1. The van der Waals surface area contributed by atoms with Crippen LogP contribution in [0.1, 0.15) is 22.8 Å². The molecule has 1 amide bonds. The second kappa shape index (κ2) is 8.87. The van der Waals surface area contributed by atoms with Gasteiger partial charge in [-0.3, -0.25) is 9.69 Å². The largest absolute Gasteiger partial charge is 0.504 e. The Balaban J connectivity index is 1.89. The van der Waals surface area contributed by atoms with E-state index in [1.807, 2.05) is 29.5 Å². The summed E-state index contributed by atoms with van der Waals surface area (Å²) in [7, 11) is 1.63. The van der Waals surface area contributed by atoms with Gasteiger partial charge in [0.15, 0.2) is 16.7 Å². The molecule has 0 aromatic heterocycles. The Morgan fingerprint density at radius 3 is 2.62 bits per heavy atom. The van der Waals surface area contributed by atoms with Crippen molar-refractivity contribution in [3.05, 3.63) is 56.0 Å². The molecule has 29 heavy (non-hydrogen) atoms. The fourth-order valence-electron chi connectivity index (χ4n) is 2.53. The number of likely N-dealkylation sites (N-methyl/N-ethyl adjacent to an activating group) is 1. The van der Waals surface area contributed by atoms with Crippen molar-refractivity contribution in [2.75, 3.05) is 13.7 Å². The number of aromatic hydroxyl groups is 1. The van der Waals surface area contributed by atoms with E-state index < -0.39 is 5.97 Å². The van der Waals surface area contributed by atoms with Crippen LogP contribution >= 0.6 is 34.4 Å². The van der Waals surface area contributed by atoms with Crippen molar-refractivity contribution in [2.24, 2.45) is 4.99 Å². The maximum absolute atomic E-state index is 12.6. The number of carbonyl (C=O) groups is 2.